The topological polar surface area (TPSA) is 51.4 Å². The van der Waals surface area contributed by atoms with E-state index < -0.39 is 0 Å². The average molecular weight is 646 g/mol. The molecule has 0 radical (unpaired) electrons. The highest BCUT2D eigenvalue weighted by Crippen LogP contribution is 2.32. The fraction of sp³-hybridized carbons (Fsp3) is 0.529. The second-order valence-electron chi connectivity index (χ2n) is 10.7. The van der Waals surface area contributed by atoms with Crippen molar-refractivity contribution in [1.29, 1.82) is 0 Å². The highest BCUT2D eigenvalue weighted by molar-refractivity contribution is 7.07. The molecule has 7 heteroatoms. The van der Waals surface area contributed by atoms with E-state index in [9.17, 15) is 4.79 Å². The number of hydrogen-bond acceptors (Lipinski definition) is 4. The molecule has 0 fully saturated rings. The van der Waals surface area contributed by atoms with Gasteiger partial charge in [0.05, 0.1) is 25.5 Å². The summed E-state index contributed by atoms with van der Waals surface area (Å²) in [5.74, 6) is 1.29. The lowest BCUT2D eigenvalue weighted by molar-refractivity contribution is -0.689. The van der Waals surface area contributed by atoms with Crippen LogP contribution in [0.2, 0.25) is 0 Å². The SMILES string of the molecule is CCCCCCCCCCCCCCOc1c(CC(=O)Nc2ccc(C[n+]3cscc3C)cc2)cccc1OC.[Br-]. The van der Waals surface area contributed by atoms with E-state index in [-0.39, 0.29) is 29.3 Å². The van der Waals surface area contributed by atoms with Crippen LogP contribution in [0.4, 0.5) is 5.69 Å². The quantitative estimate of drug-likeness (QED) is 0.127. The largest absolute Gasteiger partial charge is 1.00 e. The van der Waals surface area contributed by atoms with Crippen LogP contribution in [0, 0.1) is 6.92 Å². The third-order valence-corrected chi connectivity index (χ3v) is 8.20. The zero-order chi connectivity index (χ0) is 28.4. The molecule has 3 aromatic rings. The number of benzene rings is 2. The fourth-order valence-electron chi connectivity index (χ4n) is 4.93. The molecule has 0 aliphatic rings. The molecule has 0 aliphatic carbocycles. The van der Waals surface area contributed by atoms with Crippen LogP contribution in [0.5, 0.6) is 11.5 Å². The summed E-state index contributed by atoms with van der Waals surface area (Å²) in [5.41, 5.74) is 6.21. The van der Waals surface area contributed by atoms with Crippen LogP contribution in [0.25, 0.3) is 0 Å². The molecule has 1 heterocycles. The molecule has 2 aromatic carbocycles. The summed E-state index contributed by atoms with van der Waals surface area (Å²) < 4.78 is 13.9. The summed E-state index contributed by atoms with van der Waals surface area (Å²) >= 11 is 1.70. The summed E-state index contributed by atoms with van der Waals surface area (Å²) in [6.45, 7) is 5.84. The second-order valence-corrected chi connectivity index (χ2v) is 11.5. The molecule has 0 saturated heterocycles. The number of anilines is 1. The lowest BCUT2D eigenvalue weighted by atomic mass is 10.1. The van der Waals surface area contributed by atoms with Crippen LogP contribution in [-0.4, -0.2) is 19.6 Å². The number of thiazole rings is 1. The van der Waals surface area contributed by atoms with Gasteiger partial charge < -0.3 is 31.8 Å². The van der Waals surface area contributed by atoms with Gasteiger partial charge in [-0.3, -0.25) is 4.79 Å². The van der Waals surface area contributed by atoms with Gasteiger partial charge in [0.25, 0.3) is 0 Å². The molecular formula is C34H49BrN2O3S. The van der Waals surface area contributed by atoms with Crippen molar-refractivity contribution in [3.05, 3.63) is 70.2 Å². The van der Waals surface area contributed by atoms with Crippen molar-refractivity contribution in [2.24, 2.45) is 0 Å². The molecule has 1 N–H and O–H groups in total. The molecule has 0 spiro atoms. The Labute approximate surface area is 262 Å². The number of methoxy groups -OCH3 is 1. The van der Waals surface area contributed by atoms with E-state index in [1.54, 1.807) is 18.4 Å². The van der Waals surface area contributed by atoms with E-state index in [0.29, 0.717) is 18.1 Å². The highest BCUT2D eigenvalue weighted by Gasteiger charge is 2.15. The van der Waals surface area contributed by atoms with Crippen molar-refractivity contribution in [2.75, 3.05) is 19.0 Å². The highest BCUT2D eigenvalue weighted by atomic mass is 79.9. The van der Waals surface area contributed by atoms with Gasteiger partial charge in [-0.15, -0.1) is 0 Å². The van der Waals surface area contributed by atoms with Crippen LogP contribution in [0.1, 0.15) is 101 Å². The molecule has 0 saturated carbocycles. The van der Waals surface area contributed by atoms with Crippen molar-refractivity contribution < 1.29 is 35.8 Å². The molecule has 0 bridgehead atoms. The second kappa shape index (κ2) is 20.5. The van der Waals surface area contributed by atoms with Gasteiger partial charge in [-0.25, -0.2) is 0 Å². The Hall–Kier alpha value is -2.38. The maximum absolute atomic E-state index is 12.9. The Morgan fingerprint density at radius 3 is 2.10 bits per heavy atom. The molecule has 0 aliphatic heterocycles. The average Bonchev–Trinajstić information content (AvgIpc) is 3.36. The Balaban J connectivity index is 0.00000588. The Morgan fingerprint density at radius 2 is 1.51 bits per heavy atom. The lowest BCUT2D eigenvalue weighted by Gasteiger charge is -2.15. The van der Waals surface area contributed by atoms with E-state index in [1.807, 2.05) is 30.3 Å². The first-order valence-corrected chi connectivity index (χ1v) is 16.1. The number of ether oxygens (including phenoxy) is 2. The van der Waals surface area contributed by atoms with Crippen molar-refractivity contribution >= 4 is 22.9 Å². The number of aryl methyl sites for hydroxylation is 1. The summed E-state index contributed by atoms with van der Waals surface area (Å²) in [5, 5.41) is 5.17. The minimum Gasteiger partial charge on any atom is -1.00 e. The molecular weight excluding hydrogens is 596 g/mol. The van der Waals surface area contributed by atoms with E-state index in [4.69, 9.17) is 9.47 Å². The first-order chi connectivity index (χ1) is 19.6. The monoisotopic (exact) mass is 644 g/mol. The number of hydrogen-bond donors (Lipinski definition) is 1. The van der Waals surface area contributed by atoms with E-state index in [1.165, 1.54) is 81.9 Å². The Kier molecular flexibility index (Phi) is 17.4. The van der Waals surface area contributed by atoms with Gasteiger partial charge >= 0.3 is 0 Å². The number of nitrogens with zero attached hydrogens (tertiary/aromatic N) is 1. The zero-order valence-electron chi connectivity index (χ0n) is 25.3. The van der Waals surface area contributed by atoms with Crippen LogP contribution >= 0.6 is 11.3 Å². The number of unbranched alkanes of at least 4 members (excludes halogenated alkanes) is 11. The van der Waals surface area contributed by atoms with Crippen molar-refractivity contribution in [3.8, 4) is 11.5 Å². The minimum atomic E-state index is -0.0701. The standard InChI is InChI=1S/C34H48N2O3S.BrH/c1-4-5-6-7-8-9-10-11-12-13-14-15-23-39-34-30(17-16-18-32(34)38-3)24-33(37)35-31-21-19-29(20-22-31)25-36-27-40-26-28(36)2;/h16-22,26-27H,4-15,23-25H2,1-3H3;1H. The lowest BCUT2D eigenvalue weighted by Crippen LogP contribution is -3.00. The third-order valence-electron chi connectivity index (χ3n) is 7.35. The number of carbonyl (C=O) groups excluding carboxylic acids is 1. The van der Waals surface area contributed by atoms with E-state index in [2.05, 4.69) is 46.8 Å². The molecule has 226 valence electrons. The predicted octanol–water partition coefficient (Wildman–Crippen LogP) is 5.67. The van der Waals surface area contributed by atoms with Crippen LogP contribution in [-0.2, 0) is 17.8 Å². The summed E-state index contributed by atoms with van der Waals surface area (Å²) in [6.07, 6.45) is 16.0. The number of rotatable bonds is 20. The molecule has 0 atom stereocenters. The van der Waals surface area contributed by atoms with E-state index in [0.717, 1.165) is 24.2 Å². The van der Waals surface area contributed by atoms with Crippen LogP contribution in [0.3, 0.4) is 0 Å². The van der Waals surface area contributed by atoms with Crippen LogP contribution < -0.4 is 36.3 Å². The maximum Gasteiger partial charge on any atom is 0.228 e. The van der Waals surface area contributed by atoms with Gasteiger partial charge in [0.15, 0.2) is 23.7 Å². The van der Waals surface area contributed by atoms with Gasteiger partial charge in [-0.2, -0.15) is 4.57 Å². The van der Waals surface area contributed by atoms with Gasteiger partial charge in [0.2, 0.25) is 11.4 Å². The molecule has 5 nitrogen and oxygen atoms in total. The maximum atomic E-state index is 12.9. The fourth-order valence-corrected chi connectivity index (χ4v) is 5.71. The molecule has 3 rings (SSSR count). The normalized spacial score (nSPS) is 10.7. The molecule has 0 unspecified atom stereocenters. The third kappa shape index (κ3) is 13.0. The summed E-state index contributed by atoms with van der Waals surface area (Å²) in [7, 11) is 1.65. The van der Waals surface area contributed by atoms with Crippen molar-refractivity contribution in [1.82, 2.24) is 0 Å². The first-order valence-electron chi connectivity index (χ1n) is 15.2. The zero-order valence-corrected chi connectivity index (χ0v) is 27.7. The predicted molar refractivity (Wildman–Crippen MR) is 167 cm³/mol. The number of amides is 1. The number of nitrogens with one attached hydrogen (secondary N) is 1. The number of para-hydroxylation sites is 1. The van der Waals surface area contributed by atoms with Gasteiger partial charge in [0.1, 0.15) is 0 Å². The summed E-state index contributed by atoms with van der Waals surface area (Å²) in [6, 6.07) is 13.8. The smallest absolute Gasteiger partial charge is 0.228 e. The Morgan fingerprint density at radius 1 is 0.878 bits per heavy atom. The number of halogens is 1. The Bertz CT molecular complexity index is 1130. The molecule has 1 aromatic heterocycles. The van der Waals surface area contributed by atoms with Crippen LogP contribution in [0.15, 0.2) is 53.4 Å². The van der Waals surface area contributed by atoms with E-state index >= 15 is 0 Å². The van der Waals surface area contributed by atoms with Crippen molar-refractivity contribution in [3.63, 3.8) is 0 Å². The number of carbonyl (C=O) groups is 1. The van der Waals surface area contributed by atoms with Gasteiger partial charge in [0, 0.05) is 23.7 Å². The molecule has 41 heavy (non-hydrogen) atoms. The summed E-state index contributed by atoms with van der Waals surface area (Å²) in [4.78, 5) is 12.9. The van der Waals surface area contributed by atoms with Gasteiger partial charge in [-0.05, 0) is 24.6 Å². The van der Waals surface area contributed by atoms with Gasteiger partial charge in [-0.1, -0.05) is 113 Å². The first kappa shape index (κ1) is 34.8. The molecule has 1 amide bonds. The minimum absolute atomic E-state index is 0. The number of aromatic nitrogens is 1. The van der Waals surface area contributed by atoms with Crippen molar-refractivity contribution in [2.45, 2.75) is 104 Å².